The molecule has 2 aromatic heterocycles. The molecule has 8 nitrogen and oxygen atoms in total. The number of aromatic nitrogens is 5. The van der Waals surface area contributed by atoms with Crippen molar-refractivity contribution < 1.29 is 9.53 Å². The Hall–Kier alpha value is -2.51. The first kappa shape index (κ1) is 15.0. The lowest BCUT2D eigenvalue weighted by Gasteiger charge is -2.24. The van der Waals surface area contributed by atoms with E-state index < -0.39 is 0 Å². The highest BCUT2D eigenvalue weighted by Gasteiger charge is 2.32. The molecule has 0 spiro atoms. The second kappa shape index (κ2) is 6.18. The average Bonchev–Trinajstić information content (AvgIpc) is 3.19. The minimum absolute atomic E-state index is 0.0878. The molecule has 126 valence electrons. The Morgan fingerprint density at radius 3 is 2.83 bits per heavy atom. The molecular weight excluding hydrogens is 308 g/mol. The van der Waals surface area contributed by atoms with Crippen LogP contribution in [0.2, 0.25) is 0 Å². The summed E-state index contributed by atoms with van der Waals surface area (Å²) >= 11 is 0. The van der Waals surface area contributed by atoms with Crippen LogP contribution in [0.3, 0.4) is 0 Å². The lowest BCUT2D eigenvalue weighted by molar-refractivity contribution is 0.0713. The van der Waals surface area contributed by atoms with Crippen LogP contribution < -0.4 is 4.74 Å². The molecule has 1 saturated heterocycles. The van der Waals surface area contributed by atoms with Crippen LogP contribution in [0.4, 0.5) is 0 Å². The van der Waals surface area contributed by atoms with Crippen molar-refractivity contribution in [2.45, 2.75) is 44.2 Å². The van der Waals surface area contributed by atoms with Crippen LogP contribution in [0.15, 0.2) is 18.3 Å². The SMILES string of the molecule is COc1ccc(C(=O)N2CCC[C@H]2Cn2cc(C3CC3)nn2)nn1. The van der Waals surface area contributed by atoms with E-state index in [1.54, 1.807) is 12.1 Å². The maximum Gasteiger partial charge on any atom is 0.274 e. The topological polar surface area (TPSA) is 86.0 Å². The van der Waals surface area contributed by atoms with Crippen LogP contribution in [0.25, 0.3) is 0 Å². The van der Waals surface area contributed by atoms with Gasteiger partial charge in [0.2, 0.25) is 5.88 Å². The predicted octanol–water partition coefficient (Wildman–Crippen LogP) is 1.26. The summed E-state index contributed by atoms with van der Waals surface area (Å²) in [6.45, 7) is 1.41. The Morgan fingerprint density at radius 2 is 2.12 bits per heavy atom. The number of carbonyl (C=O) groups excluding carboxylic acids is 1. The Kier molecular flexibility index (Phi) is 3.87. The predicted molar refractivity (Wildman–Crippen MR) is 84.6 cm³/mol. The van der Waals surface area contributed by atoms with E-state index in [9.17, 15) is 4.79 Å². The molecule has 2 fully saturated rings. The van der Waals surface area contributed by atoms with Crippen molar-refractivity contribution in [3.63, 3.8) is 0 Å². The van der Waals surface area contributed by atoms with Crippen molar-refractivity contribution >= 4 is 5.91 Å². The Bertz CT molecular complexity index is 724. The summed E-state index contributed by atoms with van der Waals surface area (Å²) in [7, 11) is 1.52. The van der Waals surface area contributed by atoms with Gasteiger partial charge in [0, 0.05) is 24.7 Å². The second-order valence-corrected chi connectivity index (χ2v) is 6.40. The number of rotatable bonds is 5. The van der Waals surface area contributed by atoms with Crippen molar-refractivity contribution in [3.05, 3.63) is 29.7 Å². The summed E-state index contributed by atoms with van der Waals surface area (Å²) < 4.78 is 6.85. The molecule has 1 aliphatic heterocycles. The zero-order chi connectivity index (χ0) is 16.5. The summed E-state index contributed by atoms with van der Waals surface area (Å²) in [5.41, 5.74) is 1.42. The average molecular weight is 328 g/mol. The van der Waals surface area contributed by atoms with Gasteiger partial charge in [0.15, 0.2) is 5.69 Å². The van der Waals surface area contributed by atoms with Crippen LogP contribution in [0.1, 0.15) is 47.8 Å². The summed E-state index contributed by atoms with van der Waals surface area (Å²) in [6.07, 6.45) is 6.40. The largest absolute Gasteiger partial charge is 0.480 e. The third-order valence-corrected chi connectivity index (χ3v) is 4.66. The van der Waals surface area contributed by atoms with E-state index in [1.165, 1.54) is 20.0 Å². The molecule has 0 bridgehead atoms. The van der Waals surface area contributed by atoms with Gasteiger partial charge in [-0.15, -0.1) is 15.3 Å². The number of amides is 1. The van der Waals surface area contributed by atoms with Gasteiger partial charge in [0.05, 0.1) is 25.4 Å². The molecule has 1 saturated carbocycles. The van der Waals surface area contributed by atoms with Crippen LogP contribution in [0.5, 0.6) is 5.88 Å². The van der Waals surface area contributed by atoms with Gasteiger partial charge in [0.1, 0.15) is 0 Å². The van der Waals surface area contributed by atoms with Gasteiger partial charge in [-0.2, -0.15) is 0 Å². The van der Waals surface area contributed by atoms with E-state index in [4.69, 9.17) is 4.74 Å². The van der Waals surface area contributed by atoms with Crippen LogP contribution in [-0.4, -0.2) is 55.7 Å². The van der Waals surface area contributed by atoms with Crippen molar-refractivity contribution in [1.82, 2.24) is 30.1 Å². The number of hydrogen-bond acceptors (Lipinski definition) is 6. The standard InChI is InChI=1S/C16H20N6O2/c1-24-15-7-6-13(17-19-15)16(23)22-8-2-3-12(22)9-21-10-14(18-20-21)11-4-5-11/h6-7,10-12H,2-5,8-9H2,1H3/t12-/m0/s1. The highest BCUT2D eigenvalue weighted by atomic mass is 16.5. The normalized spacial score (nSPS) is 20.4. The van der Waals surface area contributed by atoms with Crippen molar-refractivity contribution in [2.24, 2.45) is 0 Å². The molecule has 0 aromatic carbocycles. The second-order valence-electron chi connectivity index (χ2n) is 6.40. The lowest BCUT2D eigenvalue weighted by atomic mass is 10.2. The van der Waals surface area contributed by atoms with E-state index >= 15 is 0 Å². The van der Waals surface area contributed by atoms with E-state index in [-0.39, 0.29) is 11.9 Å². The molecule has 0 unspecified atom stereocenters. The minimum Gasteiger partial charge on any atom is -0.480 e. The van der Waals surface area contributed by atoms with Gasteiger partial charge < -0.3 is 9.64 Å². The zero-order valence-corrected chi connectivity index (χ0v) is 13.6. The van der Waals surface area contributed by atoms with Crippen LogP contribution >= 0.6 is 0 Å². The molecule has 8 heteroatoms. The first-order valence-corrected chi connectivity index (χ1v) is 8.33. The molecule has 2 aliphatic rings. The molecule has 4 rings (SSSR count). The molecular formula is C16H20N6O2. The molecule has 1 atom stereocenters. The van der Waals surface area contributed by atoms with E-state index in [1.807, 2.05) is 15.8 Å². The highest BCUT2D eigenvalue weighted by molar-refractivity contribution is 5.92. The fraction of sp³-hybridized carbons (Fsp3) is 0.562. The smallest absolute Gasteiger partial charge is 0.274 e. The summed E-state index contributed by atoms with van der Waals surface area (Å²) in [5, 5.41) is 16.3. The molecule has 2 aromatic rings. The third-order valence-electron chi connectivity index (χ3n) is 4.66. The van der Waals surface area contributed by atoms with Gasteiger partial charge in [-0.1, -0.05) is 5.21 Å². The molecule has 0 N–H and O–H groups in total. The van der Waals surface area contributed by atoms with Crippen molar-refractivity contribution in [2.75, 3.05) is 13.7 Å². The van der Waals surface area contributed by atoms with E-state index in [2.05, 4.69) is 20.5 Å². The number of methoxy groups -OCH3 is 1. The lowest BCUT2D eigenvalue weighted by Crippen LogP contribution is -2.38. The van der Waals surface area contributed by atoms with Crippen LogP contribution in [0, 0.1) is 0 Å². The maximum absolute atomic E-state index is 12.7. The molecule has 0 radical (unpaired) electrons. The molecule has 24 heavy (non-hydrogen) atoms. The fourth-order valence-corrected chi connectivity index (χ4v) is 3.17. The van der Waals surface area contributed by atoms with Gasteiger partial charge >= 0.3 is 0 Å². The highest BCUT2D eigenvalue weighted by Crippen LogP contribution is 2.38. The zero-order valence-electron chi connectivity index (χ0n) is 13.6. The molecule has 1 amide bonds. The number of hydrogen-bond donors (Lipinski definition) is 0. The Balaban J connectivity index is 1.45. The van der Waals surface area contributed by atoms with Crippen molar-refractivity contribution in [1.29, 1.82) is 0 Å². The Labute approximate surface area is 139 Å². The number of ether oxygens (including phenoxy) is 1. The first-order chi connectivity index (χ1) is 11.7. The van der Waals surface area contributed by atoms with Gasteiger partial charge in [-0.3, -0.25) is 9.48 Å². The molecule has 1 aliphatic carbocycles. The first-order valence-electron chi connectivity index (χ1n) is 8.33. The van der Waals surface area contributed by atoms with Gasteiger partial charge in [-0.25, -0.2) is 0 Å². The van der Waals surface area contributed by atoms with Crippen molar-refractivity contribution in [3.8, 4) is 5.88 Å². The quantitative estimate of drug-likeness (QED) is 0.821. The summed E-state index contributed by atoms with van der Waals surface area (Å²) in [4.78, 5) is 14.6. The maximum atomic E-state index is 12.7. The summed E-state index contributed by atoms with van der Waals surface area (Å²) in [6, 6.07) is 3.43. The fourth-order valence-electron chi connectivity index (χ4n) is 3.17. The van der Waals surface area contributed by atoms with Gasteiger partial charge in [-0.05, 0) is 31.7 Å². The third kappa shape index (κ3) is 2.95. The van der Waals surface area contributed by atoms with E-state index in [0.717, 1.165) is 25.1 Å². The number of likely N-dealkylation sites (tertiary alicyclic amines) is 1. The summed E-state index contributed by atoms with van der Waals surface area (Å²) in [5.74, 6) is 0.907. The monoisotopic (exact) mass is 328 g/mol. The minimum atomic E-state index is -0.0878. The Morgan fingerprint density at radius 1 is 1.25 bits per heavy atom. The molecule has 3 heterocycles. The number of carbonyl (C=O) groups is 1. The number of nitrogens with zero attached hydrogens (tertiary/aromatic N) is 6. The van der Waals surface area contributed by atoms with E-state index in [0.29, 0.717) is 24.0 Å². The van der Waals surface area contributed by atoms with Gasteiger partial charge in [0.25, 0.3) is 5.91 Å². The van der Waals surface area contributed by atoms with Crippen LogP contribution in [-0.2, 0) is 6.54 Å².